The maximum Gasteiger partial charge on any atom is 0.351 e. The van der Waals surface area contributed by atoms with E-state index < -0.39 is 11.4 Å². The van der Waals surface area contributed by atoms with E-state index in [1.807, 2.05) is 30.3 Å². The van der Waals surface area contributed by atoms with Gasteiger partial charge < -0.3 is 9.52 Å². The maximum absolute atomic E-state index is 12.2. The molecule has 1 aliphatic rings. The fourth-order valence-electron chi connectivity index (χ4n) is 2.80. The smallest absolute Gasteiger partial charge is 0.351 e. The minimum absolute atomic E-state index is 0.0262. The lowest BCUT2D eigenvalue weighted by atomic mass is 9.94. The van der Waals surface area contributed by atoms with Gasteiger partial charge in [0, 0.05) is 18.5 Å². The van der Waals surface area contributed by atoms with Gasteiger partial charge in [-0.3, -0.25) is 10.2 Å². The second-order valence-electron chi connectivity index (χ2n) is 5.71. The van der Waals surface area contributed by atoms with Crippen LogP contribution in [0.25, 0.3) is 0 Å². The molecule has 0 radical (unpaired) electrons. The Morgan fingerprint density at radius 2 is 2.08 bits per heavy atom. The van der Waals surface area contributed by atoms with Gasteiger partial charge in [0.1, 0.15) is 17.1 Å². The molecule has 1 aliphatic heterocycles. The van der Waals surface area contributed by atoms with Crippen LogP contribution in [-0.2, 0) is 0 Å². The molecule has 6 heteroatoms. The minimum atomic E-state index is -0.829. The number of aromatic hydroxyl groups is 1. The first-order valence-electron chi connectivity index (χ1n) is 7.66. The molecule has 6 nitrogen and oxygen atoms in total. The zero-order valence-corrected chi connectivity index (χ0v) is 13.2. The molecule has 0 aliphatic carbocycles. The van der Waals surface area contributed by atoms with E-state index in [1.54, 1.807) is 6.08 Å². The van der Waals surface area contributed by atoms with E-state index >= 15 is 0 Å². The molecular formula is C18H18N2O4. The van der Waals surface area contributed by atoms with Crippen molar-refractivity contribution in [1.29, 1.82) is 0 Å². The van der Waals surface area contributed by atoms with Crippen LogP contribution in [0.1, 0.15) is 27.7 Å². The van der Waals surface area contributed by atoms with Crippen LogP contribution >= 0.6 is 0 Å². The van der Waals surface area contributed by atoms with Crippen molar-refractivity contribution in [2.75, 3.05) is 6.54 Å². The Morgan fingerprint density at radius 1 is 1.33 bits per heavy atom. The summed E-state index contributed by atoms with van der Waals surface area (Å²) in [6, 6.07) is 11.2. The summed E-state index contributed by atoms with van der Waals surface area (Å²) in [5.41, 5.74) is 6.18. The van der Waals surface area contributed by atoms with E-state index in [9.17, 15) is 14.7 Å². The van der Waals surface area contributed by atoms with Crippen molar-refractivity contribution in [2.24, 2.45) is 5.92 Å². The molecule has 1 saturated heterocycles. The van der Waals surface area contributed by atoms with Crippen molar-refractivity contribution in [3.8, 4) is 5.75 Å². The van der Waals surface area contributed by atoms with Crippen LogP contribution in [0.2, 0.25) is 0 Å². The van der Waals surface area contributed by atoms with Gasteiger partial charge >= 0.3 is 5.63 Å². The van der Waals surface area contributed by atoms with E-state index in [-0.39, 0.29) is 29.0 Å². The van der Waals surface area contributed by atoms with Crippen molar-refractivity contribution < 1.29 is 14.3 Å². The van der Waals surface area contributed by atoms with Gasteiger partial charge in [-0.05, 0) is 18.6 Å². The van der Waals surface area contributed by atoms with Gasteiger partial charge in [0.15, 0.2) is 5.78 Å². The average molecular weight is 326 g/mol. The fraction of sp³-hybridized carbons (Fsp3) is 0.222. The van der Waals surface area contributed by atoms with E-state index in [4.69, 9.17) is 4.42 Å². The van der Waals surface area contributed by atoms with Crippen molar-refractivity contribution in [3.63, 3.8) is 0 Å². The normalized spacial score (nSPS) is 20.5. The molecule has 3 rings (SSSR count). The van der Waals surface area contributed by atoms with E-state index in [2.05, 4.69) is 10.9 Å². The number of benzene rings is 1. The molecule has 24 heavy (non-hydrogen) atoms. The second kappa shape index (κ2) is 6.82. The number of rotatable bonds is 4. The Hall–Kier alpha value is -2.70. The predicted octanol–water partition coefficient (Wildman–Crippen LogP) is 1.86. The second-order valence-corrected chi connectivity index (χ2v) is 5.71. The van der Waals surface area contributed by atoms with E-state index in [1.165, 1.54) is 19.1 Å². The first-order valence-corrected chi connectivity index (χ1v) is 7.66. The summed E-state index contributed by atoms with van der Waals surface area (Å²) in [4.78, 5) is 24.0. The van der Waals surface area contributed by atoms with E-state index in [0.29, 0.717) is 6.54 Å². The maximum atomic E-state index is 12.2. The summed E-state index contributed by atoms with van der Waals surface area (Å²) in [6.45, 7) is 2.18. The lowest BCUT2D eigenvalue weighted by molar-refractivity contribution is 0.103. The molecule has 124 valence electrons. The van der Waals surface area contributed by atoms with Gasteiger partial charge in [-0.1, -0.05) is 36.4 Å². The number of carbonyl (C=O) groups excluding carboxylic acids is 1. The third-order valence-corrected chi connectivity index (χ3v) is 3.98. The van der Waals surface area contributed by atoms with Crippen LogP contribution in [0, 0.1) is 12.8 Å². The summed E-state index contributed by atoms with van der Waals surface area (Å²) in [5.74, 6) is -0.636. The Labute approximate surface area is 138 Å². The van der Waals surface area contributed by atoms with Gasteiger partial charge in [-0.15, -0.1) is 0 Å². The molecule has 2 aromatic rings. The van der Waals surface area contributed by atoms with Crippen molar-refractivity contribution >= 4 is 5.78 Å². The molecule has 1 fully saturated rings. The van der Waals surface area contributed by atoms with Crippen molar-refractivity contribution in [1.82, 2.24) is 10.9 Å². The number of carbonyl (C=O) groups is 1. The molecule has 3 N–H and O–H groups in total. The summed E-state index contributed by atoms with van der Waals surface area (Å²) >= 11 is 0. The fourth-order valence-corrected chi connectivity index (χ4v) is 2.80. The number of hydrazine groups is 1. The van der Waals surface area contributed by atoms with Crippen LogP contribution < -0.4 is 16.5 Å². The molecule has 0 spiro atoms. The first-order chi connectivity index (χ1) is 11.6. The molecule has 2 heterocycles. The van der Waals surface area contributed by atoms with Crippen molar-refractivity contribution in [2.45, 2.75) is 13.0 Å². The molecule has 2 unspecified atom stereocenters. The monoisotopic (exact) mass is 326 g/mol. The highest BCUT2D eigenvalue weighted by Crippen LogP contribution is 2.26. The highest BCUT2D eigenvalue weighted by molar-refractivity contribution is 6.06. The molecule has 0 saturated carbocycles. The Morgan fingerprint density at radius 3 is 2.79 bits per heavy atom. The molecule has 1 aromatic heterocycles. The van der Waals surface area contributed by atoms with Crippen LogP contribution in [0.5, 0.6) is 5.75 Å². The lowest BCUT2D eigenvalue weighted by Crippen LogP contribution is -2.24. The lowest BCUT2D eigenvalue weighted by Gasteiger charge is -2.15. The van der Waals surface area contributed by atoms with Crippen LogP contribution in [-0.4, -0.2) is 17.4 Å². The van der Waals surface area contributed by atoms with E-state index in [0.717, 1.165) is 5.56 Å². The topological polar surface area (TPSA) is 91.6 Å². The van der Waals surface area contributed by atoms with Gasteiger partial charge in [0.25, 0.3) is 0 Å². The van der Waals surface area contributed by atoms with Gasteiger partial charge in [0.2, 0.25) is 0 Å². The highest BCUT2D eigenvalue weighted by Gasteiger charge is 2.26. The Balaban J connectivity index is 1.80. The molecule has 1 aromatic carbocycles. The predicted molar refractivity (Wildman–Crippen MR) is 88.7 cm³/mol. The average Bonchev–Trinajstić information content (AvgIpc) is 3.01. The quantitative estimate of drug-likeness (QED) is 0.587. The largest absolute Gasteiger partial charge is 0.507 e. The summed E-state index contributed by atoms with van der Waals surface area (Å²) in [5, 5.41) is 9.83. The molecule has 0 amide bonds. The van der Waals surface area contributed by atoms with Crippen molar-refractivity contribution in [3.05, 3.63) is 75.9 Å². The Bertz CT molecular complexity index is 827. The number of hydrogen-bond donors (Lipinski definition) is 3. The highest BCUT2D eigenvalue weighted by atomic mass is 16.4. The SMILES string of the molecule is Cc1cc(O)c(C(=O)/C=C/C2CNNC2c2ccccc2)c(=O)o1. The summed E-state index contributed by atoms with van der Waals surface area (Å²) in [6.07, 6.45) is 3.06. The molecule has 0 bridgehead atoms. The summed E-state index contributed by atoms with van der Waals surface area (Å²) in [7, 11) is 0. The van der Waals surface area contributed by atoms with Crippen LogP contribution in [0.15, 0.2) is 57.8 Å². The number of allylic oxidation sites excluding steroid dienone is 1. The molecular weight excluding hydrogens is 308 g/mol. The van der Waals surface area contributed by atoms with Gasteiger partial charge in [-0.2, -0.15) is 0 Å². The standard InChI is InChI=1S/C18H18N2O4/c1-11-9-15(22)16(18(23)24-11)14(21)8-7-13-10-19-20-17(13)12-5-3-2-4-6-12/h2-9,13,17,19-20,22H,10H2,1H3/b8-7+. The first kappa shape index (κ1) is 16.2. The molecule has 2 atom stereocenters. The van der Waals surface area contributed by atoms with Gasteiger partial charge in [0.05, 0.1) is 6.04 Å². The number of ketones is 1. The zero-order valence-electron chi connectivity index (χ0n) is 13.2. The third-order valence-electron chi connectivity index (χ3n) is 3.98. The third kappa shape index (κ3) is 3.29. The Kier molecular flexibility index (Phi) is 4.59. The number of nitrogens with one attached hydrogen (secondary N) is 2. The minimum Gasteiger partial charge on any atom is -0.507 e. The number of aryl methyl sites for hydroxylation is 1. The zero-order chi connectivity index (χ0) is 17.1. The van der Waals surface area contributed by atoms with Crippen LogP contribution in [0.3, 0.4) is 0 Å². The van der Waals surface area contributed by atoms with Crippen LogP contribution in [0.4, 0.5) is 0 Å². The summed E-state index contributed by atoms with van der Waals surface area (Å²) < 4.78 is 4.88. The van der Waals surface area contributed by atoms with Gasteiger partial charge in [-0.25, -0.2) is 10.2 Å². The number of hydrogen-bond acceptors (Lipinski definition) is 6.